The van der Waals surface area contributed by atoms with Gasteiger partial charge in [0.1, 0.15) is 5.82 Å². The van der Waals surface area contributed by atoms with E-state index >= 15 is 0 Å². The number of anilines is 1. The van der Waals surface area contributed by atoms with Crippen LogP contribution in [0.2, 0.25) is 10.0 Å². The third-order valence-corrected chi connectivity index (χ3v) is 3.42. The molecule has 110 valence electrons. The standard InChI is InChI=1S/C15H13Cl2FN2O/c1-9(13-6-5-10(16)7-14(13)17)19-15(21)20-12-4-2-3-11(18)8-12/h2-9H,1H3,(H2,19,20,21)/t9-/m1/s1. The van der Waals surface area contributed by atoms with Crippen LogP contribution in [0.25, 0.3) is 0 Å². The van der Waals surface area contributed by atoms with Crippen molar-refractivity contribution in [1.29, 1.82) is 0 Å². The third-order valence-electron chi connectivity index (χ3n) is 2.86. The molecule has 21 heavy (non-hydrogen) atoms. The highest BCUT2D eigenvalue weighted by molar-refractivity contribution is 6.35. The zero-order valence-electron chi connectivity index (χ0n) is 11.2. The van der Waals surface area contributed by atoms with Gasteiger partial charge in [0.2, 0.25) is 0 Å². The van der Waals surface area contributed by atoms with E-state index in [0.717, 1.165) is 5.56 Å². The Morgan fingerprint density at radius 1 is 1.19 bits per heavy atom. The molecule has 0 bridgehead atoms. The van der Waals surface area contributed by atoms with Gasteiger partial charge in [0.05, 0.1) is 6.04 Å². The van der Waals surface area contributed by atoms with Crippen LogP contribution in [0.4, 0.5) is 14.9 Å². The number of urea groups is 1. The van der Waals surface area contributed by atoms with Gasteiger partial charge in [-0.2, -0.15) is 0 Å². The van der Waals surface area contributed by atoms with Gasteiger partial charge in [0.25, 0.3) is 0 Å². The summed E-state index contributed by atoms with van der Waals surface area (Å²) >= 11 is 11.9. The van der Waals surface area contributed by atoms with Crippen molar-refractivity contribution in [2.24, 2.45) is 0 Å². The van der Waals surface area contributed by atoms with Gasteiger partial charge in [-0.25, -0.2) is 9.18 Å². The van der Waals surface area contributed by atoms with Gasteiger partial charge in [0.15, 0.2) is 0 Å². The average molecular weight is 327 g/mol. The van der Waals surface area contributed by atoms with Crippen molar-refractivity contribution >= 4 is 34.9 Å². The number of hydrogen-bond donors (Lipinski definition) is 2. The van der Waals surface area contributed by atoms with Gasteiger partial charge in [-0.1, -0.05) is 35.3 Å². The first-order valence-electron chi connectivity index (χ1n) is 6.24. The smallest absolute Gasteiger partial charge is 0.319 e. The van der Waals surface area contributed by atoms with E-state index in [2.05, 4.69) is 10.6 Å². The molecule has 0 aliphatic heterocycles. The Morgan fingerprint density at radius 3 is 2.62 bits per heavy atom. The molecule has 0 radical (unpaired) electrons. The van der Waals surface area contributed by atoms with Crippen LogP contribution in [0.5, 0.6) is 0 Å². The van der Waals surface area contributed by atoms with E-state index in [9.17, 15) is 9.18 Å². The second-order valence-corrected chi connectivity index (χ2v) is 5.34. The minimum atomic E-state index is -0.445. The van der Waals surface area contributed by atoms with Crippen molar-refractivity contribution in [2.75, 3.05) is 5.32 Å². The summed E-state index contributed by atoms with van der Waals surface area (Å²) in [6, 6.07) is 9.96. The van der Waals surface area contributed by atoms with E-state index in [1.165, 1.54) is 18.2 Å². The Balaban J connectivity index is 2.02. The van der Waals surface area contributed by atoms with Crippen LogP contribution >= 0.6 is 23.2 Å². The Morgan fingerprint density at radius 2 is 1.95 bits per heavy atom. The lowest BCUT2D eigenvalue weighted by molar-refractivity contribution is 0.249. The molecule has 2 amide bonds. The number of nitrogens with one attached hydrogen (secondary N) is 2. The largest absolute Gasteiger partial charge is 0.331 e. The number of rotatable bonds is 3. The number of hydrogen-bond acceptors (Lipinski definition) is 1. The normalized spacial score (nSPS) is 11.8. The highest BCUT2D eigenvalue weighted by atomic mass is 35.5. The van der Waals surface area contributed by atoms with Gasteiger partial charge >= 0.3 is 6.03 Å². The molecule has 0 spiro atoms. The molecule has 6 heteroatoms. The van der Waals surface area contributed by atoms with Crippen LogP contribution in [0.3, 0.4) is 0 Å². The lowest BCUT2D eigenvalue weighted by Gasteiger charge is -2.16. The van der Waals surface area contributed by atoms with E-state index < -0.39 is 11.8 Å². The van der Waals surface area contributed by atoms with Crippen molar-refractivity contribution in [3.05, 3.63) is 63.9 Å². The van der Waals surface area contributed by atoms with Crippen molar-refractivity contribution in [3.8, 4) is 0 Å². The van der Waals surface area contributed by atoms with Gasteiger partial charge in [-0.05, 0) is 42.8 Å². The van der Waals surface area contributed by atoms with Crippen LogP contribution in [0, 0.1) is 5.82 Å². The maximum Gasteiger partial charge on any atom is 0.319 e. The van der Waals surface area contributed by atoms with Crippen molar-refractivity contribution in [3.63, 3.8) is 0 Å². The molecule has 2 aromatic carbocycles. The summed E-state index contributed by atoms with van der Waals surface area (Å²) in [4.78, 5) is 11.9. The number of halogens is 3. The van der Waals surface area contributed by atoms with Crippen LogP contribution < -0.4 is 10.6 Å². The Bertz CT molecular complexity index is 664. The fourth-order valence-electron chi connectivity index (χ4n) is 1.86. The molecule has 0 saturated heterocycles. The molecule has 0 heterocycles. The molecule has 2 rings (SSSR count). The molecule has 0 aromatic heterocycles. The van der Waals surface area contributed by atoms with Crippen molar-refractivity contribution < 1.29 is 9.18 Å². The van der Waals surface area contributed by atoms with E-state index in [4.69, 9.17) is 23.2 Å². The van der Waals surface area contributed by atoms with Gasteiger partial charge in [-0.15, -0.1) is 0 Å². The lowest BCUT2D eigenvalue weighted by atomic mass is 10.1. The van der Waals surface area contributed by atoms with Crippen LogP contribution in [-0.2, 0) is 0 Å². The number of carbonyl (C=O) groups excluding carboxylic acids is 1. The SMILES string of the molecule is C[C@@H](NC(=O)Nc1cccc(F)c1)c1ccc(Cl)cc1Cl. The zero-order chi connectivity index (χ0) is 15.4. The maximum atomic E-state index is 13.0. The summed E-state index contributed by atoms with van der Waals surface area (Å²) in [5, 5.41) is 6.28. The first-order valence-corrected chi connectivity index (χ1v) is 6.99. The van der Waals surface area contributed by atoms with Crippen LogP contribution in [0.1, 0.15) is 18.5 Å². The highest BCUT2D eigenvalue weighted by Gasteiger charge is 2.13. The van der Waals surface area contributed by atoms with E-state index in [0.29, 0.717) is 15.7 Å². The molecule has 0 saturated carbocycles. The predicted molar refractivity (Wildman–Crippen MR) is 83.4 cm³/mol. The quantitative estimate of drug-likeness (QED) is 0.817. The number of amides is 2. The minimum Gasteiger partial charge on any atom is -0.331 e. The Hall–Kier alpha value is -1.78. The minimum absolute atomic E-state index is 0.316. The maximum absolute atomic E-state index is 13.0. The molecule has 0 fully saturated rings. The van der Waals surface area contributed by atoms with E-state index in [1.54, 1.807) is 31.2 Å². The fourth-order valence-corrected chi connectivity index (χ4v) is 2.43. The second kappa shape index (κ2) is 6.78. The summed E-state index contributed by atoms with van der Waals surface area (Å²) in [5.41, 5.74) is 1.12. The zero-order valence-corrected chi connectivity index (χ0v) is 12.7. The molecule has 0 aliphatic rings. The molecule has 0 unspecified atom stereocenters. The molecular weight excluding hydrogens is 314 g/mol. The molecule has 3 nitrogen and oxygen atoms in total. The monoisotopic (exact) mass is 326 g/mol. The summed E-state index contributed by atoms with van der Waals surface area (Å²) in [7, 11) is 0. The Kier molecular flexibility index (Phi) is 5.04. The summed E-state index contributed by atoms with van der Waals surface area (Å²) < 4.78 is 13.0. The average Bonchev–Trinajstić information content (AvgIpc) is 2.38. The van der Waals surface area contributed by atoms with Gasteiger partial charge < -0.3 is 10.6 Å². The summed E-state index contributed by atoms with van der Waals surface area (Å²) in [6.07, 6.45) is 0. The van der Waals surface area contributed by atoms with E-state index in [1.807, 2.05) is 0 Å². The molecule has 0 aliphatic carbocycles. The van der Waals surface area contributed by atoms with Crippen LogP contribution in [-0.4, -0.2) is 6.03 Å². The highest BCUT2D eigenvalue weighted by Crippen LogP contribution is 2.26. The number of carbonyl (C=O) groups is 1. The Labute approximate surface area is 132 Å². The van der Waals surface area contributed by atoms with Crippen LogP contribution in [0.15, 0.2) is 42.5 Å². The summed E-state index contributed by atoms with van der Waals surface area (Å²) in [5.74, 6) is -0.415. The van der Waals surface area contributed by atoms with Gasteiger partial charge in [0, 0.05) is 15.7 Å². The van der Waals surface area contributed by atoms with Crippen molar-refractivity contribution in [1.82, 2.24) is 5.32 Å². The topological polar surface area (TPSA) is 41.1 Å². The summed E-state index contributed by atoms with van der Waals surface area (Å²) in [6.45, 7) is 1.79. The van der Waals surface area contributed by atoms with Gasteiger partial charge in [-0.3, -0.25) is 0 Å². The molecule has 2 aromatic rings. The fraction of sp³-hybridized carbons (Fsp3) is 0.133. The predicted octanol–water partition coefficient (Wildman–Crippen LogP) is 5.02. The number of benzene rings is 2. The first-order chi connectivity index (χ1) is 9.95. The molecular formula is C15H13Cl2FN2O. The third kappa shape index (κ3) is 4.34. The molecule has 2 N–H and O–H groups in total. The molecule has 1 atom stereocenters. The first kappa shape index (κ1) is 15.6. The second-order valence-electron chi connectivity index (χ2n) is 4.50. The lowest BCUT2D eigenvalue weighted by Crippen LogP contribution is -2.31. The van der Waals surface area contributed by atoms with E-state index in [-0.39, 0.29) is 6.04 Å². The van der Waals surface area contributed by atoms with Crippen molar-refractivity contribution in [2.45, 2.75) is 13.0 Å².